The molecule has 1 heterocycles. The van der Waals surface area contributed by atoms with Gasteiger partial charge in [0.05, 0.1) is 16.8 Å². The molecule has 1 N–H and O–H groups in total. The maximum Gasteiger partial charge on any atom is 0.416 e. The molecule has 0 aliphatic carbocycles. The fourth-order valence-electron chi connectivity index (χ4n) is 3.78. The Labute approximate surface area is 228 Å². The van der Waals surface area contributed by atoms with Crippen LogP contribution in [0.5, 0.6) is 5.75 Å². The number of ether oxygens (including phenoxy) is 1. The first-order valence-electron chi connectivity index (χ1n) is 11.7. The second kappa shape index (κ2) is 11.3. The van der Waals surface area contributed by atoms with Gasteiger partial charge in [-0.1, -0.05) is 12.1 Å². The maximum absolute atomic E-state index is 13.2. The van der Waals surface area contributed by atoms with E-state index >= 15 is 0 Å². The number of rotatable bonds is 8. The van der Waals surface area contributed by atoms with Crippen molar-refractivity contribution in [3.63, 3.8) is 0 Å². The Kier molecular flexibility index (Phi) is 8.20. The van der Waals surface area contributed by atoms with E-state index in [-0.39, 0.29) is 23.1 Å². The minimum atomic E-state index is -4.94. The van der Waals surface area contributed by atoms with Crippen LogP contribution in [0.4, 0.5) is 26.3 Å². The highest BCUT2D eigenvalue weighted by molar-refractivity contribution is 7.98. The van der Waals surface area contributed by atoms with Gasteiger partial charge in [0.15, 0.2) is 6.61 Å². The molecule has 4 aromatic rings. The van der Waals surface area contributed by atoms with Gasteiger partial charge in [0, 0.05) is 16.2 Å². The fourth-order valence-corrected chi connectivity index (χ4v) is 4.77. The van der Waals surface area contributed by atoms with Crippen molar-refractivity contribution in [3.8, 4) is 28.3 Å². The molecular weight excluding hydrogens is 560 g/mol. The molecule has 0 spiro atoms. The van der Waals surface area contributed by atoms with Crippen LogP contribution in [0.15, 0.2) is 70.0 Å². The van der Waals surface area contributed by atoms with Gasteiger partial charge in [-0.25, -0.2) is 9.78 Å². The van der Waals surface area contributed by atoms with E-state index in [4.69, 9.17) is 14.3 Å². The molecule has 0 unspecified atom stereocenters. The summed E-state index contributed by atoms with van der Waals surface area (Å²) in [5.74, 6) is 0.656. The maximum atomic E-state index is 13.2. The minimum Gasteiger partial charge on any atom is -0.482 e. The van der Waals surface area contributed by atoms with Crippen LogP contribution >= 0.6 is 11.8 Å². The van der Waals surface area contributed by atoms with Crippen molar-refractivity contribution in [1.29, 1.82) is 0 Å². The number of benzene rings is 3. The molecule has 5 nitrogen and oxygen atoms in total. The monoisotopic (exact) mass is 581 g/mol. The van der Waals surface area contributed by atoms with Crippen molar-refractivity contribution in [2.45, 2.75) is 36.8 Å². The molecule has 0 atom stereocenters. The van der Waals surface area contributed by atoms with Crippen molar-refractivity contribution in [2.75, 3.05) is 6.61 Å². The molecule has 1 aromatic heterocycles. The van der Waals surface area contributed by atoms with Gasteiger partial charge in [-0.3, -0.25) is 0 Å². The van der Waals surface area contributed by atoms with Gasteiger partial charge < -0.3 is 14.3 Å². The summed E-state index contributed by atoms with van der Waals surface area (Å²) < 4.78 is 90.4. The number of aromatic nitrogens is 1. The Balaban J connectivity index is 1.51. The normalized spacial score (nSPS) is 12.0. The van der Waals surface area contributed by atoms with Crippen LogP contribution in [0.2, 0.25) is 0 Å². The van der Waals surface area contributed by atoms with E-state index < -0.39 is 36.1 Å². The quantitative estimate of drug-likeness (QED) is 0.166. The molecule has 0 fully saturated rings. The minimum absolute atomic E-state index is 0.0931. The summed E-state index contributed by atoms with van der Waals surface area (Å²) in [6.45, 7) is 3.09. The second-order valence-electron chi connectivity index (χ2n) is 8.79. The van der Waals surface area contributed by atoms with Crippen molar-refractivity contribution in [3.05, 3.63) is 88.8 Å². The molecule has 0 saturated carbocycles. The summed E-state index contributed by atoms with van der Waals surface area (Å²) in [4.78, 5) is 16.1. The number of thioether (sulfide) groups is 1. The van der Waals surface area contributed by atoms with Gasteiger partial charge in [0.25, 0.3) is 0 Å². The van der Waals surface area contributed by atoms with E-state index in [0.717, 1.165) is 10.5 Å². The van der Waals surface area contributed by atoms with Gasteiger partial charge in [-0.15, -0.1) is 11.8 Å². The summed E-state index contributed by atoms with van der Waals surface area (Å²) in [5, 5.41) is 8.76. The van der Waals surface area contributed by atoms with Crippen LogP contribution < -0.4 is 4.74 Å². The van der Waals surface area contributed by atoms with Crippen molar-refractivity contribution in [2.24, 2.45) is 0 Å². The average Bonchev–Trinajstić information content (AvgIpc) is 3.26. The van der Waals surface area contributed by atoms with Gasteiger partial charge in [-0.05, 0) is 79.1 Å². The number of alkyl halides is 6. The van der Waals surface area contributed by atoms with Crippen molar-refractivity contribution in [1.82, 2.24) is 4.98 Å². The Hall–Kier alpha value is -3.93. The highest BCUT2D eigenvalue weighted by Crippen LogP contribution is 2.39. The molecule has 0 bridgehead atoms. The highest BCUT2D eigenvalue weighted by Gasteiger charge is 2.37. The lowest BCUT2D eigenvalue weighted by Crippen LogP contribution is -2.11. The van der Waals surface area contributed by atoms with Gasteiger partial charge in [0.2, 0.25) is 5.89 Å². The number of aliphatic carboxylic acids is 1. The largest absolute Gasteiger partial charge is 0.482 e. The molecule has 12 heteroatoms. The Morgan fingerprint density at radius 3 is 2.02 bits per heavy atom. The molecule has 0 aliphatic heterocycles. The van der Waals surface area contributed by atoms with Crippen LogP contribution in [-0.2, 0) is 22.9 Å². The molecule has 0 aliphatic rings. The summed E-state index contributed by atoms with van der Waals surface area (Å²) in [7, 11) is 0. The Morgan fingerprint density at radius 2 is 1.48 bits per heavy atom. The summed E-state index contributed by atoms with van der Waals surface area (Å²) in [6, 6.07) is 12.7. The third-order valence-corrected chi connectivity index (χ3v) is 6.82. The van der Waals surface area contributed by atoms with Crippen LogP contribution in [0.1, 0.15) is 28.1 Å². The van der Waals surface area contributed by atoms with E-state index in [0.29, 0.717) is 40.7 Å². The number of aryl methyl sites for hydroxylation is 2. The number of carboxylic acids is 1. The first-order chi connectivity index (χ1) is 18.7. The zero-order valence-electron chi connectivity index (χ0n) is 21.0. The zero-order chi connectivity index (χ0) is 29.2. The molecule has 3 aromatic carbocycles. The predicted molar refractivity (Wildman–Crippen MR) is 136 cm³/mol. The van der Waals surface area contributed by atoms with E-state index in [1.165, 1.54) is 36.0 Å². The zero-order valence-corrected chi connectivity index (χ0v) is 21.8. The van der Waals surface area contributed by atoms with Crippen LogP contribution in [-0.4, -0.2) is 22.7 Å². The molecular formula is C28H21F6NO4S. The molecule has 0 saturated heterocycles. The smallest absolute Gasteiger partial charge is 0.416 e. The summed E-state index contributed by atoms with van der Waals surface area (Å²) in [6.07, 6.45) is -9.87. The van der Waals surface area contributed by atoms with Crippen molar-refractivity contribution < 1.29 is 45.4 Å². The van der Waals surface area contributed by atoms with E-state index in [2.05, 4.69) is 4.98 Å². The second-order valence-corrected chi connectivity index (χ2v) is 9.84. The molecule has 4 rings (SSSR count). The number of nitrogens with zero attached hydrogens (tertiary/aromatic N) is 1. The molecule has 40 heavy (non-hydrogen) atoms. The predicted octanol–water partition coefficient (Wildman–Crippen LogP) is 8.42. The molecule has 0 radical (unpaired) electrons. The number of carboxylic acid groups (broad SMARTS) is 1. The number of hydrogen-bond donors (Lipinski definition) is 1. The standard InChI is InChI=1S/C28H21F6NO4S/c1-15-9-22(7-8-24(15)38-13-25(36)37)40-14-23-16(2)39-26(35-23)18-5-3-17(4-6-18)19-10-20(27(29,30)31)12-21(11-19)28(32,33)34/h3-12H,13-14H2,1-2H3,(H,36,37). The molecule has 0 amide bonds. The SMILES string of the molecule is Cc1cc(SCc2nc(-c3ccc(-c4cc(C(F)(F)F)cc(C(F)(F)F)c4)cc3)oc2C)ccc1OCC(=O)O. The van der Waals surface area contributed by atoms with Gasteiger partial charge >= 0.3 is 18.3 Å². The third-order valence-electron chi connectivity index (χ3n) is 5.82. The first-order valence-corrected chi connectivity index (χ1v) is 12.6. The first kappa shape index (κ1) is 29.1. The van der Waals surface area contributed by atoms with Crippen LogP contribution in [0.25, 0.3) is 22.6 Å². The van der Waals surface area contributed by atoms with E-state index in [9.17, 15) is 31.1 Å². The lowest BCUT2D eigenvalue weighted by molar-refractivity contribution is -0.143. The number of halogens is 6. The number of oxazole rings is 1. The topological polar surface area (TPSA) is 72.6 Å². The van der Waals surface area contributed by atoms with Crippen LogP contribution in [0, 0.1) is 13.8 Å². The number of hydrogen-bond acceptors (Lipinski definition) is 5. The fraction of sp³-hybridized carbons (Fsp3) is 0.214. The number of carbonyl (C=O) groups is 1. The Morgan fingerprint density at radius 1 is 0.875 bits per heavy atom. The van der Waals surface area contributed by atoms with Gasteiger partial charge in [-0.2, -0.15) is 26.3 Å². The van der Waals surface area contributed by atoms with E-state index in [1.54, 1.807) is 26.0 Å². The van der Waals surface area contributed by atoms with Crippen molar-refractivity contribution >= 4 is 17.7 Å². The lowest BCUT2D eigenvalue weighted by atomic mass is 9.98. The lowest BCUT2D eigenvalue weighted by Gasteiger charge is -2.14. The van der Waals surface area contributed by atoms with Gasteiger partial charge in [0.1, 0.15) is 11.5 Å². The molecule has 210 valence electrons. The third kappa shape index (κ3) is 6.98. The Bertz CT molecular complexity index is 1500. The average molecular weight is 582 g/mol. The summed E-state index contributed by atoms with van der Waals surface area (Å²) in [5.41, 5.74) is -0.891. The van der Waals surface area contributed by atoms with E-state index in [1.807, 2.05) is 6.07 Å². The summed E-state index contributed by atoms with van der Waals surface area (Å²) >= 11 is 1.47. The highest BCUT2D eigenvalue weighted by atomic mass is 32.2. The van der Waals surface area contributed by atoms with Crippen LogP contribution in [0.3, 0.4) is 0 Å².